The van der Waals surface area contributed by atoms with Gasteiger partial charge in [-0.3, -0.25) is 24.0 Å². The van der Waals surface area contributed by atoms with Gasteiger partial charge in [0.2, 0.25) is 23.6 Å². The normalized spacial score (nSPS) is 39.6. The number of rotatable bonds is 29. The van der Waals surface area contributed by atoms with Crippen LogP contribution >= 0.6 is 0 Å². The minimum Gasteiger partial charge on any atom is -0.494 e. The van der Waals surface area contributed by atoms with E-state index in [0.717, 1.165) is 59.8 Å². The summed E-state index contributed by atoms with van der Waals surface area (Å²) in [5.74, 6) is 2.53. The molecule has 0 aliphatic carbocycles. The number of nitrogens with one attached hydrogen (secondary N) is 5. The number of aliphatic hydroxyl groups excluding tert-OH is 14. The lowest BCUT2D eigenvalue weighted by atomic mass is 9.93. The maximum Gasteiger partial charge on any atom is 0.251 e. The molecule has 36 heteroatoms. The number of carbonyl (C=O) groups excluding carboxylic acids is 5. The van der Waals surface area contributed by atoms with Crippen molar-refractivity contribution in [2.45, 2.75) is 270 Å². The van der Waals surface area contributed by atoms with Gasteiger partial charge in [-0.05, 0) is 38.0 Å². The lowest BCUT2D eigenvalue weighted by Crippen LogP contribution is -2.72. The van der Waals surface area contributed by atoms with Crippen LogP contribution in [0.4, 0.5) is 0 Å². The van der Waals surface area contributed by atoms with Crippen LogP contribution in [0.15, 0.2) is 24.3 Å². The van der Waals surface area contributed by atoms with Crippen molar-refractivity contribution in [3.63, 3.8) is 0 Å². The van der Waals surface area contributed by atoms with Crippen molar-refractivity contribution >= 4 is 29.5 Å². The maximum atomic E-state index is 13.9. The molecule has 30 atom stereocenters. The fourth-order valence-corrected chi connectivity index (χ4v) is 12.3. The molecule has 98 heavy (non-hydrogen) atoms. The van der Waals surface area contributed by atoms with Crippen molar-refractivity contribution < 1.29 is 152 Å². The van der Waals surface area contributed by atoms with Crippen molar-refractivity contribution in [2.24, 2.45) is 0 Å². The largest absolute Gasteiger partial charge is 0.494 e. The molecule has 1 aromatic rings. The number of aliphatic hydroxyl groups is 14. The molecule has 556 valence electrons. The lowest BCUT2D eigenvalue weighted by molar-refractivity contribution is -0.368. The number of benzene rings is 1. The fraction of sp³-hybridized carbons (Fsp3) is 0.790. The first-order valence-electron chi connectivity index (χ1n) is 32.6. The van der Waals surface area contributed by atoms with Gasteiger partial charge >= 0.3 is 0 Å². The molecule has 6 fully saturated rings. The second kappa shape index (κ2) is 37.7. The molecule has 5 amide bonds. The third kappa shape index (κ3) is 20.4. The van der Waals surface area contributed by atoms with Crippen LogP contribution in [0, 0.1) is 11.8 Å². The highest BCUT2D eigenvalue weighted by Crippen LogP contribution is 2.37. The summed E-state index contributed by atoms with van der Waals surface area (Å²) in [7, 11) is 0. The number of amides is 5. The van der Waals surface area contributed by atoms with Gasteiger partial charge in [0.25, 0.3) is 5.91 Å². The van der Waals surface area contributed by atoms with E-state index in [1.165, 1.54) is 19.1 Å². The number of hydrogen-bond donors (Lipinski definition) is 19. The van der Waals surface area contributed by atoms with Crippen LogP contribution in [0.5, 0.6) is 5.75 Å². The Morgan fingerprint density at radius 3 is 1.34 bits per heavy atom. The summed E-state index contributed by atoms with van der Waals surface area (Å²) in [4.78, 5) is 65.0. The highest BCUT2D eigenvalue weighted by molar-refractivity contribution is 5.94. The summed E-state index contributed by atoms with van der Waals surface area (Å²) in [6.07, 6.45) is -38.5. The molecule has 6 saturated heterocycles. The molecule has 7 rings (SSSR count). The van der Waals surface area contributed by atoms with Gasteiger partial charge in [0.15, 0.2) is 37.7 Å². The summed E-state index contributed by atoms with van der Waals surface area (Å²) in [5, 5.41) is 168. The third-order valence-corrected chi connectivity index (χ3v) is 17.4. The van der Waals surface area contributed by atoms with E-state index in [1.807, 2.05) is 0 Å². The average molecular weight is 1410 g/mol. The van der Waals surface area contributed by atoms with E-state index in [4.69, 9.17) is 56.8 Å². The molecule has 19 N–H and O–H groups in total. The summed E-state index contributed by atoms with van der Waals surface area (Å²) in [5.41, 5.74) is 0.0314. The first-order valence-corrected chi connectivity index (χ1v) is 32.6. The summed E-state index contributed by atoms with van der Waals surface area (Å²) >= 11 is 0. The Hall–Kier alpha value is -5.07. The van der Waals surface area contributed by atoms with Crippen LogP contribution < -0.4 is 31.3 Å². The minimum atomic E-state index is -2.08. The molecule has 0 bridgehead atoms. The van der Waals surface area contributed by atoms with Gasteiger partial charge in [-0.25, -0.2) is 0 Å². The molecule has 0 saturated carbocycles. The fourth-order valence-electron chi connectivity index (χ4n) is 12.3. The van der Waals surface area contributed by atoms with E-state index in [9.17, 15) is 95.5 Å². The van der Waals surface area contributed by atoms with Gasteiger partial charge in [-0.15, -0.1) is 11.8 Å². The summed E-state index contributed by atoms with van der Waals surface area (Å²) in [6.45, 7) is 3.20. The van der Waals surface area contributed by atoms with Crippen LogP contribution in [0.1, 0.15) is 96.8 Å². The quantitative estimate of drug-likeness (QED) is 0.0262. The van der Waals surface area contributed by atoms with Gasteiger partial charge in [0.1, 0.15) is 146 Å². The average Bonchev–Trinajstić information content (AvgIpc) is 0.772. The van der Waals surface area contributed by atoms with Crippen LogP contribution in [0.2, 0.25) is 0 Å². The van der Waals surface area contributed by atoms with Crippen molar-refractivity contribution in [3.05, 3.63) is 29.8 Å². The Balaban J connectivity index is 1.07. The maximum absolute atomic E-state index is 13.9. The van der Waals surface area contributed by atoms with E-state index in [1.54, 1.807) is 12.1 Å². The number of unbranched alkanes of at least 4 members (excludes halogenated alkanes) is 5. The second-order valence-corrected chi connectivity index (χ2v) is 24.9. The van der Waals surface area contributed by atoms with Gasteiger partial charge in [-0.1, -0.05) is 32.3 Å². The smallest absolute Gasteiger partial charge is 0.251 e. The topological polar surface area (TPSA) is 539 Å². The monoisotopic (exact) mass is 1410 g/mol. The zero-order chi connectivity index (χ0) is 71.8. The standard InChI is InChI=1S/C62H97N5O31/c1-7-8-9-10-11-12-13-14-15-19-87-32-18-16-17-31(20-32)56(85)67-39-45(78)44(77)33(21-68)91-58(39)95-52-34(22-69)92-59(40(47(52)80)64-28(4)73)96-53-35(23-70)93-60(41(48(53)81)65-29(5)74)97-54-36(24-71)94-61(42(49(54)82)66-30(6)75)98-55-37(90-57(86)38(46(55)79)63-27(3)72)25-88-62-51(84)50(83)43(76)26(2)89-62/h16-18,20,26,33-55,57-62,68-71,76-84,86H,7-11,14-15,19,21-25H2,1-6H3,(H,63,72)(H,64,73)(H,65,74)(H,66,75)(H,67,85)/t26?,33?,34-,35?,36-,37?,38-,39?,40?,41-,42?,43+,44+,45+,46+,47?,48+,49?,50?,51+,52+,53?,54+,55?,57?,58-,59-,60-,61-,62+/m0/s1. The number of ether oxygens (including phenoxy) is 12. The molecule has 0 spiro atoms. The highest BCUT2D eigenvalue weighted by Gasteiger charge is 2.58. The second-order valence-electron chi connectivity index (χ2n) is 24.9. The predicted octanol–water partition coefficient (Wildman–Crippen LogP) is -7.93. The molecular weight excluding hydrogens is 1310 g/mol. The van der Waals surface area contributed by atoms with Gasteiger partial charge in [0, 0.05) is 46.1 Å². The molecule has 0 radical (unpaired) electrons. The van der Waals surface area contributed by atoms with Crippen molar-refractivity contribution in [1.29, 1.82) is 0 Å². The van der Waals surface area contributed by atoms with E-state index in [0.29, 0.717) is 18.6 Å². The Labute approximate surface area is 564 Å². The third-order valence-electron chi connectivity index (χ3n) is 17.4. The zero-order valence-electron chi connectivity index (χ0n) is 55.0. The molecule has 6 aliphatic rings. The molecular formula is C62H97N5O31. The Morgan fingerprint density at radius 1 is 0.449 bits per heavy atom. The molecule has 13 unspecified atom stereocenters. The lowest BCUT2D eigenvalue weighted by Gasteiger charge is -2.51. The molecule has 36 nitrogen and oxygen atoms in total. The first kappa shape index (κ1) is 80.2. The van der Waals surface area contributed by atoms with Gasteiger partial charge in [0.05, 0.1) is 45.7 Å². The van der Waals surface area contributed by atoms with Crippen molar-refractivity contribution in [3.8, 4) is 17.6 Å². The molecule has 0 aromatic heterocycles. The highest BCUT2D eigenvalue weighted by atomic mass is 16.8. The van der Waals surface area contributed by atoms with Crippen LogP contribution in [-0.4, -0.2) is 325 Å². The van der Waals surface area contributed by atoms with E-state index >= 15 is 0 Å². The Bertz CT molecular complexity index is 2770. The van der Waals surface area contributed by atoms with Gasteiger partial charge in [-0.2, -0.15) is 0 Å². The number of hydrogen-bond acceptors (Lipinski definition) is 31. The summed E-state index contributed by atoms with van der Waals surface area (Å²) < 4.78 is 71.9. The predicted molar refractivity (Wildman–Crippen MR) is 327 cm³/mol. The zero-order valence-corrected chi connectivity index (χ0v) is 55.0. The summed E-state index contributed by atoms with van der Waals surface area (Å²) in [6, 6.07) is -2.60. The van der Waals surface area contributed by atoms with Crippen molar-refractivity contribution in [2.75, 3.05) is 39.6 Å². The van der Waals surface area contributed by atoms with Crippen molar-refractivity contribution in [1.82, 2.24) is 26.6 Å². The van der Waals surface area contributed by atoms with Crippen LogP contribution in [0.25, 0.3) is 0 Å². The van der Waals surface area contributed by atoms with E-state index in [-0.39, 0.29) is 12.2 Å². The van der Waals surface area contributed by atoms with Crippen LogP contribution in [0.3, 0.4) is 0 Å². The van der Waals surface area contributed by atoms with E-state index < -0.39 is 246 Å². The molecule has 6 aliphatic heterocycles. The SMILES string of the molecule is CCCCCCC#CCCCOc1cccc(C(=O)NC2[C@H](O[C@H]3C(O)C(NC(C)=O)[C@H](OC4C(CO)O[C@@H](O[C@H]5C(O)C(NC(C)=O)[C@H](OC6C(CO[C@@H]7OC(C)[C@@H](O)C(O)[C@H]7O)OC(O)[C@@H](NC(C)=O)[C@H]6O)O[C@H]5CO)[C@@H](NC(C)=O)[C@H]4O)O[C@H]3CO)OC(CO)[C@@H](O)[C@@H]2O)c1. The Kier molecular flexibility index (Phi) is 30.9. The van der Waals surface area contributed by atoms with E-state index in [2.05, 4.69) is 45.3 Å². The Morgan fingerprint density at radius 2 is 0.878 bits per heavy atom. The molecule has 6 heterocycles. The number of carbonyl (C=O) groups is 5. The molecule has 1 aromatic carbocycles. The van der Waals surface area contributed by atoms with Gasteiger partial charge < -0.3 is 155 Å². The van der Waals surface area contributed by atoms with Crippen LogP contribution in [-0.2, 0) is 71.3 Å². The first-order chi connectivity index (χ1) is 46.7. The minimum absolute atomic E-state index is 0.0314.